The van der Waals surface area contributed by atoms with Crippen LogP contribution in [0.4, 0.5) is 10.2 Å². The number of amides is 1. The van der Waals surface area contributed by atoms with Crippen molar-refractivity contribution in [2.75, 3.05) is 25.4 Å². The summed E-state index contributed by atoms with van der Waals surface area (Å²) in [4.78, 5) is 24.6. The molecular weight excluding hydrogens is 784 g/mol. The van der Waals surface area contributed by atoms with E-state index in [1.54, 1.807) is 12.1 Å². The van der Waals surface area contributed by atoms with Crippen molar-refractivity contribution in [2.45, 2.75) is 82.9 Å². The van der Waals surface area contributed by atoms with E-state index in [1.807, 2.05) is 30.3 Å². The molecule has 310 valence electrons. The maximum absolute atomic E-state index is 15.5. The van der Waals surface area contributed by atoms with Gasteiger partial charge in [0.1, 0.15) is 23.5 Å². The van der Waals surface area contributed by atoms with Crippen LogP contribution in [0.1, 0.15) is 64.5 Å². The summed E-state index contributed by atoms with van der Waals surface area (Å²) in [6, 6.07) is 12.7. The predicted octanol–water partition coefficient (Wildman–Crippen LogP) is 8.64. The van der Waals surface area contributed by atoms with Crippen LogP contribution in [0.3, 0.4) is 0 Å². The average molecular weight is 836 g/mol. The smallest absolute Gasteiger partial charge is 0.413 e. The molecule has 2 aromatic heterocycles. The molecule has 2 aromatic carbocycles. The number of fused-ring (bicyclic) bond motifs is 2. The first-order valence-corrected chi connectivity index (χ1v) is 21.4. The number of nitrogens with zero attached hydrogens (tertiary/aromatic N) is 4. The number of carbonyl (C=O) groups excluding carboxylic acids is 1. The third-order valence-electron chi connectivity index (χ3n) is 9.05. The Morgan fingerprint density at radius 1 is 0.983 bits per heavy atom. The number of nitrogens with two attached hydrogens (primary N) is 1. The summed E-state index contributed by atoms with van der Waals surface area (Å²) >= 11 is 5.97. The van der Waals surface area contributed by atoms with Crippen LogP contribution in [-0.2, 0) is 18.6 Å². The number of allylic oxidation sites excluding steroid dienone is 10. The first-order valence-electron chi connectivity index (χ1n) is 19.5. The molecule has 0 aliphatic carbocycles. The summed E-state index contributed by atoms with van der Waals surface area (Å²) in [7, 11) is -4.20. The lowest BCUT2D eigenvalue weighted by molar-refractivity contribution is -0.121. The van der Waals surface area contributed by atoms with E-state index in [0.717, 1.165) is 43.9 Å². The lowest BCUT2D eigenvalue weighted by Gasteiger charge is -2.23. The molecule has 0 spiro atoms. The normalized spacial score (nSPS) is 19.9. The zero-order valence-corrected chi connectivity index (χ0v) is 34.2. The highest BCUT2D eigenvalue weighted by molar-refractivity contribution is 7.52. The summed E-state index contributed by atoms with van der Waals surface area (Å²) in [6.45, 7) is 1.77. The summed E-state index contributed by atoms with van der Waals surface area (Å²) in [5, 5.41) is 17.8. The van der Waals surface area contributed by atoms with Gasteiger partial charge in [-0.3, -0.25) is 13.9 Å². The highest BCUT2D eigenvalue weighted by atomic mass is 35.5. The van der Waals surface area contributed by atoms with Crippen LogP contribution in [-0.4, -0.2) is 68.6 Å². The van der Waals surface area contributed by atoms with Gasteiger partial charge < -0.3 is 25.4 Å². The molecular formula is C42H52ClFN7O6P. The second-order valence-electron chi connectivity index (χ2n) is 13.4. The Hall–Kier alpha value is -4.69. The highest BCUT2D eigenvalue weighted by Gasteiger charge is 2.47. The van der Waals surface area contributed by atoms with Gasteiger partial charge in [0, 0.05) is 24.9 Å². The molecule has 5 N–H and O–H groups in total. The van der Waals surface area contributed by atoms with Crippen molar-refractivity contribution >= 4 is 53.0 Å². The van der Waals surface area contributed by atoms with Crippen molar-refractivity contribution in [1.82, 2.24) is 29.9 Å². The Morgan fingerprint density at radius 2 is 1.66 bits per heavy atom. The fourth-order valence-electron chi connectivity index (χ4n) is 6.08. The summed E-state index contributed by atoms with van der Waals surface area (Å²) in [6.07, 6.45) is 23.0. The van der Waals surface area contributed by atoms with Crippen molar-refractivity contribution in [1.29, 1.82) is 0 Å². The number of aromatic nitrogens is 4. The van der Waals surface area contributed by atoms with Crippen LogP contribution in [0, 0.1) is 0 Å². The number of alkyl halides is 1. The van der Waals surface area contributed by atoms with Gasteiger partial charge in [-0.25, -0.2) is 19.0 Å². The van der Waals surface area contributed by atoms with E-state index in [2.05, 4.69) is 93.0 Å². The standard InChI is InChI=1S/C42H52ClFN7O6P/c1-2-3-4-5-6-7-8-9-10-11-12-13-14-15-16-17-18-26-35(52)46-27-28-48-58(54,57-33-25-21-23-31-22-19-20-24-32(31)33)55-29-34-38(53)36(44)41(56-34)51-30-47-37-39(45)49-42(43)50-40(37)51/h3-4,6-7,9-10,12-13,15-16,19-25,30,34,36,38,41,53H,2,5,8,11,14,17-18,26-29H2,1H3,(H,46,52)(H,48,54)(H2,45,49,50)/b4-3-,7-6-,10-9-,13-12-,16-15-/t34-,36+,38-,41?,58?/m1/s1. The van der Waals surface area contributed by atoms with Gasteiger partial charge in [-0.05, 0) is 68.0 Å². The maximum Gasteiger partial charge on any atom is 0.458 e. The molecule has 2 unspecified atom stereocenters. The number of nitrogen functional groups attached to an aromatic ring is 1. The number of unbranched alkanes of at least 4 members (excludes halogenated alkanes) is 1. The molecule has 1 saturated heterocycles. The number of ether oxygens (including phenoxy) is 1. The number of rotatable bonds is 23. The van der Waals surface area contributed by atoms with Gasteiger partial charge in [0.15, 0.2) is 23.9 Å². The van der Waals surface area contributed by atoms with E-state index < -0.39 is 39.0 Å². The number of hydrogen-bond donors (Lipinski definition) is 4. The van der Waals surface area contributed by atoms with Crippen molar-refractivity contribution in [3.8, 4) is 5.75 Å². The molecule has 5 atom stereocenters. The van der Waals surface area contributed by atoms with Gasteiger partial charge >= 0.3 is 7.75 Å². The van der Waals surface area contributed by atoms with E-state index in [-0.39, 0.29) is 47.0 Å². The molecule has 1 aliphatic heterocycles. The number of aliphatic hydroxyl groups is 1. The first-order chi connectivity index (χ1) is 28.2. The van der Waals surface area contributed by atoms with Crippen molar-refractivity contribution in [3.05, 3.63) is 115 Å². The summed E-state index contributed by atoms with van der Waals surface area (Å²) in [5.74, 6) is 0.126. The largest absolute Gasteiger partial charge is 0.458 e. The Kier molecular flexibility index (Phi) is 17.6. The molecule has 13 nitrogen and oxygen atoms in total. The van der Waals surface area contributed by atoms with E-state index in [4.69, 9.17) is 31.1 Å². The molecule has 0 saturated carbocycles. The zero-order chi connectivity index (χ0) is 41.2. The van der Waals surface area contributed by atoms with Gasteiger partial charge in [0.05, 0.1) is 12.9 Å². The van der Waals surface area contributed by atoms with Gasteiger partial charge in [-0.1, -0.05) is 104 Å². The molecule has 1 aliphatic rings. The number of nitrogens with one attached hydrogen (secondary N) is 2. The minimum absolute atomic E-state index is 0.00212. The van der Waals surface area contributed by atoms with Crippen molar-refractivity contribution in [3.63, 3.8) is 0 Å². The summed E-state index contributed by atoms with van der Waals surface area (Å²) < 4.78 is 48.7. The average Bonchev–Trinajstić information content (AvgIpc) is 3.76. The van der Waals surface area contributed by atoms with Gasteiger partial charge in [0.2, 0.25) is 11.2 Å². The number of aliphatic hydroxyl groups excluding tert-OH is 1. The fourth-order valence-corrected chi connectivity index (χ4v) is 7.60. The SMILES string of the molecule is CC/C=C\C/C=C\C/C=C\C/C=C\C/C=C\CCCC(=O)NCCNP(=O)(OC[C@H]1OC(n2cnc3c(N)nc(Cl)nc32)[C@@H](F)[C@@H]1O)Oc1cccc2ccccc12. The number of hydrogen-bond acceptors (Lipinski definition) is 10. The zero-order valence-electron chi connectivity index (χ0n) is 32.5. The topological polar surface area (TPSA) is 176 Å². The van der Waals surface area contributed by atoms with Gasteiger partial charge in [-0.2, -0.15) is 9.97 Å². The third-order valence-corrected chi connectivity index (χ3v) is 10.8. The Morgan fingerprint density at radius 3 is 2.38 bits per heavy atom. The van der Waals surface area contributed by atoms with E-state index in [9.17, 15) is 14.5 Å². The number of halogens is 2. The Bertz CT molecular complexity index is 2140. The third kappa shape index (κ3) is 13.2. The monoisotopic (exact) mass is 835 g/mol. The number of carbonyl (C=O) groups is 1. The van der Waals surface area contributed by atoms with Crippen LogP contribution in [0.5, 0.6) is 5.75 Å². The van der Waals surface area contributed by atoms with Crippen molar-refractivity contribution in [2.24, 2.45) is 0 Å². The molecule has 1 amide bonds. The van der Waals surface area contributed by atoms with Crippen molar-refractivity contribution < 1.29 is 32.6 Å². The number of benzene rings is 2. The Balaban J connectivity index is 1.07. The van der Waals surface area contributed by atoms with Gasteiger partial charge in [0.25, 0.3) is 0 Å². The fraction of sp³-hybridized carbons (Fsp3) is 0.381. The minimum Gasteiger partial charge on any atom is -0.413 e. The molecule has 0 radical (unpaired) electrons. The maximum atomic E-state index is 15.5. The van der Waals surface area contributed by atoms with Crippen LogP contribution >= 0.6 is 19.3 Å². The predicted molar refractivity (Wildman–Crippen MR) is 227 cm³/mol. The Labute approximate surface area is 343 Å². The summed E-state index contributed by atoms with van der Waals surface area (Å²) in [5.41, 5.74) is 6.19. The van der Waals surface area contributed by atoms with Crippen LogP contribution in [0.15, 0.2) is 110 Å². The lowest BCUT2D eigenvalue weighted by Crippen LogP contribution is -2.34. The molecule has 0 bridgehead atoms. The van der Waals surface area contributed by atoms with E-state index in [0.29, 0.717) is 18.2 Å². The highest BCUT2D eigenvalue weighted by Crippen LogP contribution is 2.47. The minimum atomic E-state index is -4.20. The molecule has 1 fully saturated rings. The van der Waals surface area contributed by atoms with E-state index >= 15 is 4.39 Å². The van der Waals surface area contributed by atoms with Gasteiger partial charge in [-0.15, -0.1) is 0 Å². The molecule has 16 heteroatoms. The van der Waals surface area contributed by atoms with E-state index in [1.165, 1.54) is 10.9 Å². The van der Waals surface area contributed by atoms with Crippen LogP contribution in [0.2, 0.25) is 5.28 Å². The first kappa shape index (κ1) is 44.4. The van der Waals surface area contributed by atoms with Crippen LogP contribution in [0.25, 0.3) is 21.9 Å². The number of anilines is 1. The molecule has 4 aromatic rings. The molecule has 58 heavy (non-hydrogen) atoms. The lowest BCUT2D eigenvalue weighted by atomic mass is 10.1. The molecule has 5 rings (SSSR count). The quantitative estimate of drug-likeness (QED) is 0.0244. The number of imidazole rings is 1. The molecule has 3 heterocycles. The second kappa shape index (κ2) is 23.0. The van der Waals surface area contributed by atoms with Crippen LogP contribution < -0.4 is 20.7 Å². The second-order valence-corrected chi connectivity index (χ2v) is 15.5.